The molecule has 1 aliphatic carbocycles. The van der Waals surface area contributed by atoms with Crippen molar-refractivity contribution in [3.63, 3.8) is 0 Å². The van der Waals surface area contributed by atoms with Crippen LogP contribution in [0.5, 0.6) is 0 Å². The lowest BCUT2D eigenvalue weighted by Gasteiger charge is -2.40. The molecule has 0 aliphatic heterocycles. The molecule has 0 heterocycles. The number of carbonyl (C=O) groups excluding carboxylic acids is 1. The Morgan fingerprint density at radius 1 is 1.19 bits per heavy atom. The lowest BCUT2D eigenvalue weighted by atomic mass is 9.78. The lowest BCUT2D eigenvalue weighted by molar-refractivity contribution is -0.105. The number of nitrogens with zero attached hydrogens (tertiary/aromatic N) is 2. The molecule has 0 bridgehead atoms. The third-order valence-electron chi connectivity index (χ3n) is 6.07. The number of rotatable bonds is 13. The van der Waals surface area contributed by atoms with Crippen molar-refractivity contribution in [3.05, 3.63) is 71.8 Å². The zero-order valence-electron chi connectivity index (χ0n) is 21.4. The van der Waals surface area contributed by atoms with E-state index >= 15 is 0 Å². The molecule has 1 rings (SSSR count). The monoisotopic (exact) mass is 439 g/mol. The predicted molar refractivity (Wildman–Crippen MR) is 139 cm³/mol. The Morgan fingerprint density at radius 2 is 1.88 bits per heavy atom. The molecule has 4 nitrogen and oxygen atoms in total. The molecule has 0 aromatic heterocycles. The lowest BCUT2D eigenvalue weighted by Crippen LogP contribution is -2.41. The van der Waals surface area contributed by atoms with E-state index in [0.29, 0.717) is 11.6 Å². The quantitative estimate of drug-likeness (QED) is 0.169. The van der Waals surface area contributed by atoms with Gasteiger partial charge in [0.1, 0.15) is 0 Å². The van der Waals surface area contributed by atoms with E-state index in [0.717, 1.165) is 54.5 Å². The molecule has 0 aromatic carbocycles. The average molecular weight is 440 g/mol. The molecule has 4 heteroatoms. The third kappa shape index (κ3) is 7.89. The number of aldehydes is 1. The standard InChI is InChI=1S/C28H45N3O/c1-10-17-29-26(20-32)27(21(4)5)28(24-15-13-23(12-3)14-16-24)31(9)25(19-30(7)8)18-22(6)11-2/h11,13,15,18-20,23-24,28-29H,2,4,10,12,14,16-17H2,1,3,5-9H3/b22-18-,25-19+,27-26+/t23?,24-,28?/m1/s1. The van der Waals surface area contributed by atoms with Crippen molar-refractivity contribution in [3.8, 4) is 0 Å². The minimum atomic E-state index is -0.00817. The molecule has 0 fully saturated rings. The minimum Gasteiger partial charge on any atom is -0.382 e. The van der Waals surface area contributed by atoms with Gasteiger partial charge in [0.15, 0.2) is 6.29 Å². The Bertz CT molecular complexity index is 770. The van der Waals surface area contributed by atoms with Crippen LogP contribution in [0.1, 0.15) is 53.4 Å². The van der Waals surface area contributed by atoms with Gasteiger partial charge >= 0.3 is 0 Å². The van der Waals surface area contributed by atoms with Gasteiger partial charge in [-0.15, -0.1) is 0 Å². The van der Waals surface area contributed by atoms with Crippen LogP contribution in [-0.2, 0) is 4.79 Å². The maximum Gasteiger partial charge on any atom is 0.166 e. The number of hydrogen-bond donors (Lipinski definition) is 1. The fourth-order valence-corrected chi connectivity index (χ4v) is 4.25. The first-order chi connectivity index (χ1) is 15.2. The minimum absolute atomic E-state index is 0.00817. The second kappa shape index (κ2) is 13.8. The maximum absolute atomic E-state index is 12.2. The SMILES string of the molecule is C=C/C(C)=C\C(=C/N(C)C)N(C)C(/C(C(=C)C)=C(\C=O)NCCC)[C@@H]1C=CC(CC)CC1. The van der Waals surface area contributed by atoms with Gasteiger partial charge in [-0.1, -0.05) is 50.8 Å². The molecule has 0 radical (unpaired) electrons. The highest BCUT2D eigenvalue weighted by molar-refractivity contribution is 5.76. The highest BCUT2D eigenvalue weighted by atomic mass is 16.1. The van der Waals surface area contributed by atoms with E-state index < -0.39 is 0 Å². The van der Waals surface area contributed by atoms with Crippen molar-refractivity contribution >= 4 is 6.29 Å². The topological polar surface area (TPSA) is 35.6 Å². The Kier molecular flexibility index (Phi) is 11.9. The molecular formula is C28H45N3O. The van der Waals surface area contributed by atoms with E-state index in [9.17, 15) is 4.79 Å². The zero-order valence-corrected chi connectivity index (χ0v) is 21.4. The van der Waals surface area contributed by atoms with E-state index in [1.165, 1.54) is 6.42 Å². The van der Waals surface area contributed by atoms with Crippen LogP contribution in [0, 0.1) is 11.8 Å². The molecular weight excluding hydrogens is 394 g/mol. The molecule has 1 aliphatic rings. The third-order valence-corrected chi connectivity index (χ3v) is 6.07. The second-order valence-corrected chi connectivity index (χ2v) is 9.11. The first-order valence-corrected chi connectivity index (χ1v) is 11.9. The van der Waals surface area contributed by atoms with Gasteiger partial charge in [0.25, 0.3) is 0 Å². The van der Waals surface area contributed by atoms with E-state index in [1.807, 2.05) is 27.1 Å². The van der Waals surface area contributed by atoms with Crippen LogP contribution < -0.4 is 5.32 Å². The van der Waals surface area contributed by atoms with Crippen molar-refractivity contribution in [2.24, 2.45) is 11.8 Å². The van der Waals surface area contributed by atoms with Crippen LogP contribution >= 0.6 is 0 Å². The molecule has 3 atom stereocenters. The second-order valence-electron chi connectivity index (χ2n) is 9.11. The smallest absolute Gasteiger partial charge is 0.166 e. The molecule has 178 valence electrons. The van der Waals surface area contributed by atoms with Crippen molar-refractivity contribution in [1.29, 1.82) is 0 Å². The Hall–Kier alpha value is -2.49. The fourth-order valence-electron chi connectivity index (χ4n) is 4.25. The largest absolute Gasteiger partial charge is 0.382 e. The number of nitrogens with one attached hydrogen (secondary N) is 1. The summed E-state index contributed by atoms with van der Waals surface area (Å²) in [5.41, 5.74) is 4.73. The number of carbonyl (C=O) groups is 1. The number of allylic oxidation sites excluding steroid dienone is 5. The van der Waals surface area contributed by atoms with Crippen molar-refractivity contribution in [1.82, 2.24) is 15.1 Å². The van der Waals surface area contributed by atoms with E-state index in [4.69, 9.17) is 0 Å². The summed E-state index contributed by atoms with van der Waals surface area (Å²) >= 11 is 0. The maximum atomic E-state index is 12.2. The van der Waals surface area contributed by atoms with Crippen molar-refractivity contribution < 1.29 is 4.79 Å². The Balaban J connectivity index is 3.70. The molecule has 0 saturated heterocycles. The van der Waals surface area contributed by atoms with Crippen molar-refractivity contribution in [2.45, 2.75) is 59.4 Å². The summed E-state index contributed by atoms with van der Waals surface area (Å²) in [5, 5.41) is 3.37. The van der Waals surface area contributed by atoms with Crippen molar-refractivity contribution in [2.75, 3.05) is 27.7 Å². The van der Waals surface area contributed by atoms with Crippen LogP contribution in [0.4, 0.5) is 0 Å². The van der Waals surface area contributed by atoms with Crippen LogP contribution in [0.25, 0.3) is 0 Å². The summed E-state index contributed by atoms with van der Waals surface area (Å²) in [4.78, 5) is 16.5. The van der Waals surface area contributed by atoms with Crippen LogP contribution in [-0.4, -0.2) is 49.8 Å². The van der Waals surface area contributed by atoms with Gasteiger partial charge in [-0.3, -0.25) is 4.79 Å². The zero-order chi connectivity index (χ0) is 24.3. The number of hydrogen-bond acceptors (Lipinski definition) is 4. The molecule has 32 heavy (non-hydrogen) atoms. The summed E-state index contributed by atoms with van der Waals surface area (Å²) < 4.78 is 0. The molecule has 0 amide bonds. The van der Waals surface area contributed by atoms with Gasteiger partial charge in [-0.25, -0.2) is 0 Å². The molecule has 0 spiro atoms. The average Bonchev–Trinajstić information content (AvgIpc) is 2.77. The van der Waals surface area contributed by atoms with E-state index in [1.54, 1.807) is 0 Å². The molecule has 0 aromatic rings. The van der Waals surface area contributed by atoms with Crippen LogP contribution in [0.2, 0.25) is 0 Å². The van der Waals surface area contributed by atoms with Gasteiger partial charge in [-0.05, 0) is 57.1 Å². The van der Waals surface area contributed by atoms with Gasteiger partial charge in [0, 0.05) is 45.4 Å². The highest BCUT2D eigenvalue weighted by Gasteiger charge is 2.32. The van der Waals surface area contributed by atoms with Crippen LogP contribution in [0.15, 0.2) is 71.8 Å². The molecule has 2 unspecified atom stereocenters. The molecule has 0 saturated carbocycles. The summed E-state index contributed by atoms with van der Waals surface area (Å²) in [6.45, 7) is 17.4. The Morgan fingerprint density at radius 3 is 2.31 bits per heavy atom. The Labute approximate surface area is 197 Å². The normalized spacial score (nSPS) is 20.8. The highest BCUT2D eigenvalue weighted by Crippen LogP contribution is 2.36. The van der Waals surface area contributed by atoms with Crippen LogP contribution in [0.3, 0.4) is 0 Å². The predicted octanol–water partition coefficient (Wildman–Crippen LogP) is 5.84. The van der Waals surface area contributed by atoms with Gasteiger partial charge in [0.05, 0.1) is 17.4 Å². The summed E-state index contributed by atoms with van der Waals surface area (Å²) in [6.07, 6.45) is 16.2. The van der Waals surface area contributed by atoms with Gasteiger partial charge < -0.3 is 15.1 Å². The van der Waals surface area contributed by atoms with Gasteiger partial charge in [-0.2, -0.15) is 0 Å². The van der Waals surface area contributed by atoms with E-state index in [2.05, 4.69) is 80.5 Å². The summed E-state index contributed by atoms with van der Waals surface area (Å²) in [5.74, 6) is 0.925. The first-order valence-electron chi connectivity index (χ1n) is 11.9. The summed E-state index contributed by atoms with van der Waals surface area (Å²) in [6, 6.07) is -0.00817. The molecule has 1 N–H and O–H groups in total. The number of likely N-dealkylation sites (N-methyl/N-ethyl adjacent to an activating group) is 1. The van der Waals surface area contributed by atoms with E-state index in [-0.39, 0.29) is 12.0 Å². The summed E-state index contributed by atoms with van der Waals surface area (Å²) in [7, 11) is 6.18. The van der Waals surface area contributed by atoms with Gasteiger partial charge in [0.2, 0.25) is 0 Å². The first kappa shape index (κ1) is 27.5. The fraction of sp³-hybridized carbons (Fsp3) is 0.536.